The molecule has 0 aliphatic heterocycles. The second-order valence-corrected chi connectivity index (χ2v) is 4.05. The van der Waals surface area contributed by atoms with Gasteiger partial charge in [0.1, 0.15) is 0 Å². The summed E-state index contributed by atoms with van der Waals surface area (Å²) in [6.45, 7) is 12.7. The molecule has 70 valence electrons. The summed E-state index contributed by atoms with van der Waals surface area (Å²) >= 11 is 0. The zero-order valence-corrected chi connectivity index (χ0v) is 8.88. The molecule has 0 aromatic heterocycles. The van der Waals surface area contributed by atoms with Crippen LogP contribution in [0.15, 0.2) is 24.8 Å². The van der Waals surface area contributed by atoms with Crippen LogP contribution < -0.4 is 0 Å². The summed E-state index contributed by atoms with van der Waals surface area (Å²) in [7, 11) is 0. The highest BCUT2D eigenvalue weighted by atomic mass is 14.1. The topological polar surface area (TPSA) is 0 Å². The van der Waals surface area contributed by atoms with E-state index in [1.165, 1.54) is 0 Å². The van der Waals surface area contributed by atoms with Crippen LogP contribution in [0.4, 0.5) is 0 Å². The number of allylic oxidation sites excluding steroid dienone is 3. The van der Waals surface area contributed by atoms with Crippen LogP contribution in [0.2, 0.25) is 0 Å². The number of hydrogen-bond acceptors (Lipinski definition) is 0. The highest BCUT2D eigenvalue weighted by Crippen LogP contribution is 2.16. The van der Waals surface area contributed by atoms with Crippen molar-refractivity contribution in [2.75, 3.05) is 0 Å². The van der Waals surface area contributed by atoms with Crippen LogP contribution in [-0.4, -0.2) is 0 Å². The number of rotatable bonds is 5. The van der Waals surface area contributed by atoms with Crippen molar-refractivity contribution in [1.82, 2.24) is 0 Å². The third-order valence-corrected chi connectivity index (χ3v) is 2.09. The van der Waals surface area contributed by atoms with Gasteiger partial charge in [0, 0.05) is 0 Å². The van der Waals surface area contributed by atoms with E-state index in [0.717, 1.165) is 6.42 Å². The minimum atomic E-state index is 0.639. The predicted molar refractivity (Wildman–Crippen MR) is 57.1 cm³/mol. The molecule has 0 heteroatoms. The Bertz CT molecular complexity index is 140. The Labute approximate surface area is 77.4 Å². The van der Waals surface area contributed by atoms with Crippen molar-refractivity contribution in [1.29, 1.82) is 0 Å². The van der Waals surface area contributed by atoms with Crippen molar-refractivity contribution in [3.63, 3.8) is 0 Å². The molecule has 12 heavy (non-hydrogen) atoms. The quantitative estimate of drug-likeness (QED) is 0.541. The molecule has 0 spiro atoms. The molecule has 0 amide bonds. The molecule has 0 radical (unpaired) electrons. The van der Waals surface area contributed by atoms with E-state index in [-0.39, 0.29) is 0 Å². The molecule has 0 heterocycles. The van der Waals surface area contributed by atoms with Crippen LogP contribution >= 0.6 is 0 Å². The van der Waals surface area contributed by atoms with Crippen molar-refractivity contribution >= 4 is 0 Å². The monoisotopic (exact) mass is 166 g/mol. The smallest absolute Gasteiger partial charge is 0.0178 e. The van der Waals surface area contributed by atoms with Gasteiger partial charge in [-0.25, -0.2) is 0 Å². The van der Waals surface area contributed by atoms with E-state index >= 15 is 0 Å². The van der Waals surface area contributed by atoms with E-state index < -0.39 is 0 Å². The average Bonchev–Trinajstić information content (AvgIpc) is 1.96. The standard InChI is InChI=1S/C12H22/c1-6-12(11(4)5)9-7-8-10(2)3/h6-8,10-12H,1,9H2,2-5H3. The maximum Gasteiger partial charge on any atom is -0.0178 e. The summed E-state index contributed by atoms with van der Waals surface area (Å²) in [5.41, 5.74) is 0. The molecule has 0 nitrogen and oxygen atoms in total. The molecule has 0 rings (SSSR count). The summed E-state index contributed by atoms with van der Waals surface area (Å²) in [5, 5.41) is 0. The second kappa shape index (κ2) is 6.05. The Kier molecular flexibility index (Phi) is 5.79. The molecule has 0 saturated heterocycles. The molecule has 0 bridgehead atoms. The lowest BCUT2D eigenvalue weighted by molar-refractivity contribution is 0.470. The Morgan fingerprint density at radius 2 is 1.75 bits per heavy atom. The maximum atomic E-state index is 3.85. The van der Waals surface area contributed by atoms with Crippen molar-refractivity contribution in [3.05, 3.63) is 24.8 Å². The van der Waals surface area contributed by atoms with Crippen LogP contribution in [0.5, 0.6) is 0 Å². The van der Waals surface area contributed by atoms with Crippen LogP contribution in [0.3, 0.4) is 0 Å². The summed E-state index contributed by atoms with van der Waals surface area (Å²) in [6.07, 6.45) is 7.74. The van der Waals surface area contributed by atoms with E-state index in [9.17, 15) is 0 Å². The second-order valence-electron chi connectivity index (χ2n) is 4.05. The van der Waals surface area contributed by atoms with Crippen molar-refractivity contribution in [2.45, 2.75) is 34.1 Å². The molecule has 0 fully saturated rings. The molecular formula is C12H22. The van der Waals surface area contributed by atoms with E-state index in [0.29, 0.717) is 17.8 Å². The van der Waals surface area contributed by atoms with E-state index in [1.54, 1.807) is 0 Å². The zero-order chi connectivity index (χ0) is 9.56. The summed E-state index contributed by atoms with van der Waals surface area (Å²) in [5.74, 6) is 2.02. The van der Waals surface area contributed by atoms with Crippen molar-refractivity contribution in [3.8, 4) is 0 Å². The molecule has 0 aromatic carbocycles. The van der Waals surface area contributed by atoms with Crippen molar-refractivity contribution in [2.24, 2.45) is 17.8 Å². The Morgan fingerprint density at radius 3 is 2.08 bits per heavy atom. The summed E-state index contributed by atoms with van der Waals surface area (Å²) < 4.78 is 0. The van der Waals surface area contributed by atoms with Gasteiger partial charge < -0.3 is 0 Å². The average molecular weight is 166 g/mol. The van der Waals surface area contributed by atoms with Gasteiger partial charge in [0.2, 0.25) is 0 Å². The highest BCUT2D eigenvalue weighted by molar-refractivity contribution is 4.92. The first-order chi connectivity index (χ1) is 5.57. The third kappa shape index (κ3) is 5.17. The summed E-state index contributed by atoms with van der Waals surface area (Å²) in [4.78, 5) is 0. The SMILES string of the molecule is C=CC(CC=CC(C)C)C(C)C. The minimum absolute atomic E-state index is 0.639. The lowest BCUT2D eigenvalue weighted by atomic mass is 9.92. The molecule has 1 atom stereocenters. The lowest BCUT2D eigenvalue weighted by Crippen LogP contribution is -2.03. The minimum Gasteiger partial charge on any atom is -0.103 e. The maximum absolute atomic E-state index is 3.85. The van der Waals surface area contributed by atoms with Gasteiger partial charge in [-0.2, -0.15) is 0 Å². The normalized spacial score (nSPS) is 14.5. The number of hydrogen-bond donors (Lipinski definition) is 0. The van der Waals surface area contributed by atoms with Gasteiger partial charge >= 0.3 is 0 Å². The fourth-order valence-corrected chi connectivity index (χ4v) is 1.15. The molecule has 0 saturated carbocycles. The van der Waals surface area contributed by atoms with Crippen LogP contribution in [-0.2, 0) is 0 Å². The predicted octanol–water partition coefficient (Wildman–Crippen LogP) is 4.05. The van der Waals surface area contributed by atoms with E-state index in [4.69, 9.17) is 0 Å². The van der Waals surface area contributed by atoms with Crippen LogP contribution in [0, 0.1) is 17.8 Å². The molecular weight excluding hydrogens is 144 g/mol. The Morgan fingerprint density at radius 1 is 1.17 bits per heavy atom. The molecule has 1 unspecified atom stereocenters. The zero-order valence-electron chi connectivity index (χ0n) is 8.88. The van der Waals surface area contributed by atoms with Gasteiger partial charge in [-0.05, 0) is 24.2 Å². The van der Waals surface area contributed by atoms with Gasteiger partial charge in [0.15, 0.2) is 0 Å². The van der Waals surface area contributed by atoms with Crippen LogP contribution in [0.1, 0.15) is 34.1 Å². The van der Waals surface area contributed by atoms with E-state index in [2.05, 4.69) is 52.5 Å². The van der Waals surface area contributed by atoms with Gasteiger partial charge in [-0.1, -0.05) is 45.9 Å². The fraction of sp³-hybridized carbons (Fsp3) is 0.667. The van der Waals surface area contributed by atoms with E-state index in [1.807, 2.05) is 0 Å². The first kappa shape index (κ1) is 11.5. The van der Waals surface area contributed by atoms with Crippen LogP contribution in [0.25, 0.3) is 0 Å². The molecule has 0 aliphatic rings. The third-order valence-electron chi connectivity index (χ3n) is 2.09. The molecule has 0 aromatic rings. The summed E-state index contributed by atoms with van der Waals surface area (Å²) in [6, 6.07) is 0. The first-order valence-corrected chi connectivity index (χ1v) is 4.87. The van der Waals surface area contributed by atoms with Gasteiger partial charge in [-0.15, -0.1) is 6.58 Å². The van der Waals surface area contributed by atoms with Crippen molar-refractivity contribution < 1.29 is 0 Å². The molecule has 0 aliphatic carbocycles. The lowest BCUT2D eigenvalue weighted by Gasteiger charge is -2.13. The molecule has 0 N–H and O–H groups in total. The fourth-order valence-electron chi connectivity index (χ4n) is 1.15. The first-order valence-electron chi connectivity index (χ1n) is 4.87. The Hall–Kier alpha value is -0.520. The largest absolute Gasteiger partial charge is 0.103 e. The Balaban J connectivity index is 3.80. The van der Waals surface area contributed by atoms with Gasteiger partial charge in [-0.3, -0.25) is 0 Å². The van der Waals surface area contributed by atoms with Gasteiger partial charge in [0.05, 0.1) is 0 Å². The highest BCUT2D eigenvalue weighted by Gasteiger charge is 2.05. The van der Waals surface area contributed by atoms with Gasteiger partial charge in [0.25, 0.3) is 0 Å².